The van der Waals surface area contributed by atoms with Crippen molar-refractivity contribution >= 4 is 0 Å². The second-order valence-corrected chi connectivity index (χ2v) is 4.35. The van der Waals surface area contributed by atoms with Crippen molar-refractivity contribution in [3.63, 3.8) is 0 Å². The maximum absolute atomic E-state index is 9.53. The number of rotatable bonds is 1. The van der Waals surface area contributed by atoms with Crippen LogP contribution in [0.2, 0.25) is 0 Å². The minimum atomic E-state index is -0.717. The van der Waals surface area contributed by atoms with E-state index in [2.05, 4.69) is 10.0 Å². The van der Waals surface area contributed by atoms with Crippen molar-refractivity contribution in [1.82, 2.24) is 10.0 Å². The van der Waals surface area contributed by atoms with Gasteiger partial charge < -0.3 is 15.3 Å². The summed E-state index contributed by atoms with van der Waals surface area (Å²) in [7, 11) is 0. The Bertz CT molecular complexity index is 207. The molecule has 0 bridgehead atoms. The summed E-state index contributed by atoms with van der Waals surface area (Å²) < 4.78 is 0. The maximum atomic E-state index is 9.53. The molecule has 0 aromatic carbocycles. The van der Waals surface area contributed by atoms with Gasteiger partial charge in [0, 0.05) is 26.2 Å². The molecule has 0 aromatic rings. The van der Waals surface area contributed by atoms with Crippen LogP contribution in [-0.2, 0) is 0 Å². The van der Waals surface area contributed by atoms with Gasteiger partial charge in [-0.25, -0.2) is 10.0 Å². The summed E-state index contributed by atoms with van der Waals surface area (Å²) in [6.07, 6.45) is 1.44. The smallest absolute Gasteiger partial charge is 0.124 e. The number of hydrazine groups is 1. The van der Waals surface area contributed by atoms with Crippen LogP contribution >= 0.6 is 0 Å². The van der Waals surface area contributed by atoms with Gasteiger partial charge in [-0.3, -0.25) is 0 Å². The van der Waals surface area contributed by atoms with Gasteiger partial charge in [-0.05, 0) is 19.3 Å². The first-order valence-corrected chi connectivity index (χ1v) is 5.57. The maximum Gasteiger partial charge on any atom is 0.124 e. The van der Waals surface area contributed by atoms with Crippen molar-refractivity contribution in [2.75, 3.05) is 26.2 Å². The van der Waals surface area contributed by atoms with E-state index in [1.165, 1.54) is 0 Å². The monoisotopic (exact) mass is 215 g/mol. The summed E-state index contributed by atoms with van der Waals surface area (Å²) in [5.74, 6) is 0. The fourth-order valence-electron chi connectivity index (χ4n) is 2.20. The van der Waals surface area contributed by atoms with Gasteiger partial charge in [0.05, 0.1) is 12.2 Å². The summed E-state index contributed by atoms with van der Waals surface area (Å²) in [6.45, 7) is 2.92. The Balaban J connectivity index is 1.84. The Hall–Kier alpha value is -0.200. The van der Waals surface area contributed by atoms with Gasteiger partial charge in [0.25, 0.3) is 0 Å². The SMILES string of the molecule is O[C]1CCN(N2CCC(O)CC2)CC1O. The zero-order chi connectivity index (χ0) is 10.8. The second-order valence-electron chi connectivity index (χ2n) is 4.35. The second kappa shape index (κ2) is 4.76. The quantitative estimate of drug-likeness (QED) is 0.541. The number of β-amino-alcohol motifs (C(OH)–C–C–N with tert-alkyl or cyclic N) is 1. The van der Waals surface area contributed by atoms with E-state index in [1.54, 1.807) is 0 Å². The molecular formula is C10H19N2O3. The lowest BCUT2D eigenvalue weighted by Gasteiger charge is -2.42. The highest BCUT2D eigenvalue weighted by molar-refractivity contribution is 4.92. The van der Waals surface area contributed by atoms with Crippen LogP contribution in [-0.4, -0.2) is 63.7 Å². The lowest BCUT2D eigenvalue weighted by atomic mass is 10.1. The molecule has 0 saturated carbocycles. The van der Waals surface area contributed by atoms with Crippen molar-refractivity contribution in [1.29, 1.82) is 0 Å². The minimum Gasteiger partial charge on any atom is -0.393 e. The van der Waals surface area contributed by atoms with Gasteiger partial charge in [0.2, 0.25) is 0 Å². The van der Waals surface area contributed by atoms with Gasteiger partial charge in [-0.15, -0.1) is 0 Å². The highest BCUT2D eigenvalue weighted by Crippen LogP contribution is 2.20. The summed E-state index contributed by atoms with van der Waals surface area (Å²) in [5.41, 5.74) is 0. The van der Waals surface area contributed by atoms with E-state index < -0.39 is 6.10 Å². The Morgan fingerprint density at radius 2 is 1.67 bits per heavy atom. The van der Waals surface area contributed by atoms with Gasteiger partial charge in [-0.1, -0.05) is 0 Å². The highest BCUT2D eigenvalue weighted by Gasteiger charge is 2.31. The normalized spacial score (nSPS) is 33.4. The highest BCUT2D eigenvalue weighted by atomic mass is 16.3. The largest absolute Gasteiger partial charge is 0.393 e. The molecule has 0 aromatic heterocycles. The first-order valence-electron chi connectivity index (χ1n) is 5.57. The zero-order valence-electron chi connectivity index (χ0n) is 8.84. The predicted molar refractivity (Wildman–Crippen MR) is 54.2 cm³/mol. The molecule has 2 aliphatic heterocycles. The van der Waals surface area contributed by atoms with Crippen molar-refractivity contribution in [3.8, 4) is 0 Å². The minimum absolute atomic E-state index is 0.170. The zero-order valence-corrected chi connectivity index (χ0v) is 8.84. The molecule has 2 fully saturated rings. The molecular weight excluding hydrogens is 196 g/mol. The van der Waals surface area contributed by atoms with Gasteiger partial charge in [0.1, 0.15) is 6.10 Å². The fourth-order valence-corrected chi connectivity index (χ4v) is 2.20. The van der Waals surface area contributed by atoms with Crippen molar-refractivity contribution in [3.05, 3.63) is 6.10 Å². The van der Waals surface area contributed by atoms with E-state index in [0.717, 1.165) is 32.5 Å². The molecule has 1 atom stereocenters. The average Bonchev–Trinajstić information content (AvgIpc) is 2.23. The number of nitrogens with zero attached hydrogens (tertiary/aromatic N) is 2. The van der Waals surface area contributed by atoms with Crippen molar-refractivity contribution in [2.45, 2.75) is 31.5 Å². The topological polar surface area (TPSA) is 67.2 Å². The first-order chi connectivity index (χ1) is 7.16. The predicted octanol–water partition coefficient (Wildman–Crippen LogP) is -0.671. The number of hydrogen-bond acceptors (Lipinski definition) is 5. The lowest BCUT2D eigenvalue weighted by molar-refractivity contribution is -0.108. The summed E-state index contributed by atoms with van der Waals surface area (Å²) >= 11 is 0. The molecule has 5 nitrogen and oxygen atoms in total. The molecule has 0 aliphatic carbocycles. The number of aliphatic hydroxyl groups is 3. The van der Waals surface area contributed by atoms with Crippen molar-refractivity contribution < 1.29 is 15.3 Å². The third kappa shape index (κ3) is 2.68. The van der Waals surface area contributed by atoms with Gasteiger partial charge in [-0.2, -0.15) is 0 Å². The van der Waals surface area contributed by atoms with Crippen LogP contribution in [0, 0.1) is 6.10 Å². The molecule has 3 N–H and O–H groups in total. The van der Waals surface area contributed by atoms with Gasteiger partial charge >= 0.3 is 0 Å². The summed E-state index contributed by atoms with van der Waals surface area (Å²) in [5, 5.41) is 32.5. The molecule has 0 spiro atoms. The molecule has 2 saturated heterocycles. The molecule has 2 aliphatic rings. The number of hydrogen-bond donors (Lipinski definition) is 3. The molecule has 87 valence electrons. The first kappa shape index (κ1) is 11.3. The van der Waals surface area contributed by atoms with E-state index in [9.17, 15) is 15.3 Å². The van der Waals surface area contributed by atoms with E-state index in [-0.39, 0.29) is 12.2 Å². The van der Waals surface area contributed by atoms with E-state index in [1.807, 2.05) is 0 Å². The van der Waals surface area contributed by atoms with E-state index in [4.69, 9.17) is 0 Å². The van der Waals surface area contributed by atoms with Crippen LogP contribution in [0.1, 0.15) is 19.3 Å². The lowest BCUT2D eigenvalue weighted by Crippen LogP contribution is -2.54. The standard InChI is InChI=1S/C10H19N2O3/c13-8-1-4-11(5-2-8)12-6-3-9(14)10(15)7-12/h8,10,13-15H,1-7H2. The average molecular weight is 215 g/mol. The van der Waals surface area contributed by atoms with Crippen LogP contribution in [0.5, 0.6) is 0 Å². The molecule has 1 radical (unpaired) electrons. The van der Waals surface area contributed by atoms with Crippen LogP contribution in [0.25, 0.3) is 0 Å². The van der Waals surface area contributed by atoms with Crippen LogP contribution < -0.4 is 0 Å². The third-order valence-electron chi connectivity index (χ3n) is 3.24. The number of aliphatic hydroxyl groups excluding tert-OH is 3. The third-order valence-corrected chi connectivity index (χ3v) is 3.24. The molecule has 15 heavy (non-hydrogen) atoms. The molecule has 0 amide bonds. The molecule has 2 heterocycles. The van der Waals surface area contributed by atoms with Crippen LogP contribution in [0.15, 0.2) is 0 Å². The Labute approximate surface area is 89.9 Å². The Morgan fingerprint density at radius 3 is 2.27 bits per heavy atom. The molecule has 2 rings (SSSR count). The summed E-state index contributed by atoms with van der Waals surface area (Å²) in [4.78, 5) is 0. The van der Waals surface area contributed by atoms with E-state index in [0.29, 0.717) is 13.0 Å². The molecule has 1 unspecified atom stereocenters. The fraction of sp³-hybridized carbons (Fsp3) is 0.900. The van der Waals surface area contributed by atoms with Crippen LogP contribution in [0.3, 0.4) is 0 Å². The Kier molecular flexibility index (Phi) is 3.58. The van der Waals surface area contributed by atoms with Crippen LogP contribution in [0.4, 0.5) is 0 Å². The molecule has 5 heteroatoms. The Morgan fingerprint density at radius 1 is 1.00 bits per heavy atom. The van der Waals surface area contributed by atoms with E-state index >= 15 is 0 Å². The van der Waals surface area contributed by atoms with Crippen molar-refractivity contribution in [2.24, 2.45) is 0 Å². The number of piperidine rings is 2. The summed E-state index contributed by atoms with van der Waals surface area (Å²) in [6, 6.07) is 0. The van der Waals surface area contributed by atoms with Gasteiger partial charge in [0.15, 0.2) is 0 Å².